The van der Waals surface area contributed by atoms with Crippen LogP contribution >= 0.6 is 11.6 Å². The van der Waals surface area contributed by atoms with E-state index in [-0.39, 0.29) is 17.4 Å². The van der Waals surface area contributed by atoms with Crippen LogP contribution in [0.5, 0.6) is 0 Å². The van der Waals surface area contributed by atoms with Gasteiger partial charge < -0.3 is 10.6 Å². The molecule has 1 aromatic rings. The first kappa shape index (κ1) is 21.5. The molecule has 0 aromatic heterocycles. The Bertz CT molecular complexity index is 737. The maximum absolute atomic E-state index is 12.8. The predicted octanol–water partition coefficient (Wildman–Crippen LogP) is 2.03. The maximum Gasteiger partial charge on any atom is 0.416 e. The van der Waals surface area contributed by atoms with Gasteiger partial charge in [-0.15, -0.1) is 0 Å². The first-order chi connectivity index (χ1) is 12.3. The van der Waals surface area contributed by atoms with Gasteiger partial charge in [-0.05, 0) is 45.6 Å². The van der Waals surface area contributed by atoms with Crippen LogP contribution in [0.1, 0.15) is 31.4 Å². The van der Waals surface area contributed by atoms with Crippen molar-refractivity contribution in [1.82, 2.24) is 20.9 Å². The Morgan fingerprint density at radius 1 is 1.30 bits per heavy atom. The minimum Gasteiger partial charge on any atom is -0.346 e. The summed E-state index contributed by atoms with van der Waals surface area (Å²) in [7, 11) is 3.48. The fourth-order valence-electron chi connectivity index (χ4n) is 2.80. The number of benzene rings is 1. The zero-order valence-electron chi connectivity index (χ0n) is 15.4. The minimum absolute atomic E-state index is 0.0486. The van der Waals surface area contributed by atoms with Crippen molar-refractivity contribution in [2.75, 3.05) is 14.1 Å². The second-order valence-electron chi connectivity index (χ2n) is 7.16. The molecule has 1 aromatic carbocycles. The Kier molecular flexibility index (Phi) is 6.08. The average Bonchev–Trinajstić information content (AvgIpc) is 2.52. The van der Waals surface area contributed by atoms with Gasteiger partial charge in [0, 0.05) is 5.02 Å². The highest BCUT2D eigenvalue weighted by atomic mass is 35.5. The topological polar surface area (TPSA) is 73.5 Å². The van der Waals surface area contributed by atoms with Crippen LogP contribution in [0.25, 0.3) is 0 Å². The second-order valence-corrected chi connectivity index (χ2v) is 7.57. The van der Waals surface area contributed by atoms with Gasteiger partial charge in [0.1, 0.15) is 6.29 Å². The molecule has 1 aliphatic rings. The minimum atomic E-state index is -4.50. The molecule has 1 aliphatic heterocycles. The highest BCUT2D eigenvalue weighted by Crippen LogP contribution is 2.35. The van der Waals surface area contributed by atoms with Gasteiger partial charge in [-0.1, -0.05) is 17.7 Å². The molecule has 150 valence electrons. The van der Waals surface area contributed by atoms with Gasteiger partial charge in [-0.25, -0.2) is 0 Å². The molecule has 10 heteroatoms. The van der Waals surface area contributed by atoms with Crippen LogP contribution in [0.15, 0.2) is 18.2 Å². The number of nitrogens with zero attached hydrogens (tertiary/aromatic N) is 1. The summed E-state index contributed by atoms with van der Waals surface area (Å²) >= 11 is 6.04. The van der Waals surface area contributed by atoms with Crippen molar-refractivity contribution >= 4 is 23.4 Å². The zero-order chi connectivity index (χ0) is 20.6. The molecule has 1 heterocycles. The van der Waals surface area contributed by atoms with E-state index in [4.69, 9.17) is 11.6 Å². The number of halogens is 4. The number of amides is 2. The highest BCUT2D eigenvalue weighted by molar-refractivity contribution is 6.31. The van der Waals surface area contributed by atoms with E-state index in [0.29, 0.717) is 5.56 Å². The summed E-state index contributed by atoms with van der Waals surface area (Å²) in [5.41, 5.74) is -1.56. The van der Waals surface area contributed by atoms with Gasteiger partial charge in [0.15, 0.2) is 0 Å². The summed E-state index contributed by atoms with van der Waals surface area (Å²) in [6.45, 7) is 3.26. The van der Waals surface area contributed by atoms with Crippen LogP contribution in [0.3, 0.4) is 0 Å². The summed E-state index contributed by atoms with van der Waals surface area (Å²) in [5.74, 6) is -0.726. The van der Waals surface area contributed by atoms with Crippen LogP contribution in [-0.4, -0.2) is 43.1 Å². The van der Waals surface area contributed by atoms with E-state index in [2.05, 4.69) is 16.0 Å². The second kappa shape index (κ2) is 7.65. The van der Waals surface area contributed by atoms with Gasteiger partial charge in [0.25, 0.3) is 0 Å². The van der Waals surface area contributed by atoms with Gasteiger partial charge in [-0.2, -0.15) is 13.2 Å². The Morgan fingerprint density at radius 2 is 1.93 bits per heavy atom. The summed E-state index contributed by atoms with van der Waals surface area (Å²) in [6.07, 6.45) is -5.05. The molecule has 1 fully saturated rings. The normalized spacial score (nSPS) is 21.1. The fourth-order valence-corrected chi connectivity index (χ4v) is 3.21. The number of hydrogen-bond acceptors (Lipinski definition) is 4. The van der Waals surface area contributed by atoms with Crippen molar-refractivity contribution in [2.45, 2.75) is 44.3 Å². The van der Waals surface area contributed by atoms with E-state index in [9.17, 15) is 22.8 Å². The molecule has 2 atom stereocenters. The average molecular weight is 407 g/mol. The lowest BCUT2D eigenvalue weighted by Crippen LogP contribution is -2.66. The van der Waals surface area contributed by atoms with Crippen LogP contribution < -0.4 is 16.0 Å². The molecule has 0 spiro atoms. The highest BCUT2D eigenvalue weighted by Gasteiger charge is 2.36. The third-order valence-electron chi connectivity index (χ3n) is 4.28. The summed E-state index contributed by atoms with van der Waals surface area (Å²) in [5, 5.41) is 8.35. The van der Waals surface area contributed by atoms with Crippen molar-refractivity contribution in [1.29, 1.82) is 0 Å². The number of alkyl halides is 3. The molecular weight excluding hydrogens is 385 g/mol. The number of hydrogen-bond donors (Lipinski definition) is 3. The molecule has 2 unspecified atom stereocenters. The molecule has 2 amide bonds. The van der Waals surface area contributed by atoms with Crippen LogP contribution in [0.2, 0.25) is 5.02 Å². The molecule has 1 saturated heterocycles. The smallest absolute Gasteiger partial charge is 0.346 e. The Balaban J connectivity index is 2.18. The summed E-state index contributed by atoms with van der Waals surface area (Å²) in [6, 6.07) is 2.22. The standard InChI is InChI=1S/C17H22ClF3N4O2/c1-16(2,10-6-5-9(7-11(10)18)17(19,20)21)24-14(27)12-8-13(26)23-15(22-12)25(3)4/h5-7,12,15,22H,8H2,1-4H3,(H,23,26)(H,24,27). The number of carbonyl (C=O) groups excluding carboxylic acids is 2. The van der Waals surface area contributed by atoms with Crippen molar-refractivity contribution in [3.05, 3.63) is 34.3 Å². The largest absolute Gasteiger partial charge is 0.416 e. The van der Waals surface area contributed by atoms with Gasteiger partial charge in [0.2, 0.25) is 11.8 Å². The quantitative estimate of drug-likeness (QED) is 0.715. The Morgan fingerprint density at radius 3 is 2.44 bits per heavy atom. The van der Waals surface area contributed by atoms with E-state index in [1.165, 1.54) is 6.07 Å². The number of rotatable bonds is 4. The molecule has 0 radical (unpaired) electrons. The third-order valence-corrected chi connectivity index (χ3v) is 4.60. The van der Waals surface area contributed by atoms with E-state index in [0.717, 1.165) is 12.1 Å². The Labute approximate surface area is 160 Å². The molecule has 27 heavy (non-hydrogen) atoms. The van der Waals surface area contributed by atoms with Crippen molar-refractivity contribution < 1.29 is 22.8 Å². The maximum atomic E-state index is 12.8. The van der Waals surface area contributed by atoms with Crippen molar-refractivity contribution in [3.8, 4) is 0 Å². The van der Waals surface area contributed by atoms with Crippen LogP contribution in [-0.2, 0) is 21.3 Å². The fraction of sp³-hybridized carbons (Fsp3) is 0.529. The molecule has 6 nitrogen and oxygen atoms in total. The van der Waals surface area contributed by atoms with Crippen molar-refractivity contribution in [3.63, 3.8) is 0 Å². The zero-order valence-corrected chi connectivity index (χ0v) is 16.1. The van der Waals surface area contributed by atoms with Crippen LogP contribution in [0, 0.1) is 0 Å². The molecule has 2 rings (SSSR count). The molecule has 0 bridgehead atoms. The van der Waals surface area contributed by atoms with E-state index in [1.54, 1.807) is 32.8 Å². The van der Waals surface area contributed by atoms with E-state index >= 15 is 0 Å². The summed E-state index contributed by atoms with van der Waals surface area (Å²) in [4.78, 5) is 26.2. The lowest BCUT2D eigenvalue weighted by Gasteiger charge is -2.36. The SMILES string of the molecule is CN(C)C1NC(=O)CC(C(=O)NC(C)(C)c2ccc(C(F)(F)F)cc2Cl)N1. The van der Waals surface area contributed by atoms with Crippen LogP contribution in [0.4, 0.5) is 13.2 Å². The molecule has 0 aliphatic carbocycles. The van der Waals surface area contributed by atoms with Gasteiger partial charge >= 0.3 is 6.18 Å². The first-order valence-corrected chi connectivity index (χ1v) is 8.60. The predicted molar refractivity (Wildman–Crippen MR) is 94.8 cm³/mol. The van der Waals surface area contributed by atoms with E-state index in [1.807, 2.05) is 0 Å². The molecule has 3 N–H and O–H groups in total. The van der Waals surface area contributed by atoms with Crippen molar-refractivity contribution in [2.24, 2.45) is 0 Å². The number of nitrogens with one attached hydrogen (secondary N) is 3. The number of carbonyl (C=O) groups is 2. The lowest BCUT2D eigenvalue weighted by atomic mass is 9.92. The first-order valence-electron chi connectivity index (χ1n) is 8.22. The molecule has 0 saturated carbocycles. The lowest BCUT2D eigenvalue weighted by molar-refractivity contribution is -0.137. The summed E-state index contributed by atoms with van der Waals surface area (Å²) < 4.78 is 38.4. The third kappa shape index (κ3) is 5.12. The van der Waals surface area contributed by atoms with E-state index < -0.39 is 35.5 Å². The molecular formula is C17H22ClF3N4O2. The monoisotopic (exact) mass is 406 g/mol. The Hall–Kier alpha value is -1.84. The van der Waals surface area contributed by atoms with Gasteiger partial charge in [0.05, 0.1) is 23.6 Å². The van der Waals surface area contributed by atoms with Gasteiger partial charge in [-0.3, -0.25) is 19.8 Å².